The Morgan fingerprint density at radius 3 is 2.56 bits per heavy atom. The monoisotopic (exact) mass is 408 g/mol. The van der Waals surface area contributed by atoms with Crippen molar-refractivity contribution >= 4 is 32.7 Å². The van der Waals surface area contributed by atoms with Crippen molar-refractivity contribution in [3.63, 3.8) is 0 Å². The second-order valence-electron chi connectivity index (χ2n) is 6.96. The second-order valence-corrected chi connectivity index (χ2v) is 10.1. The van der Waals surface area contributed by atoms with Gasteiger partial charge in [0.15, 0.2) is 0 Å². The molecule has 0 atom stereocenters. The summed E-state index contributed by atoms with van der Waals surface area (Å²) in [5.74, 6) is 0. The molecule has 2 heterocycles. The van der Waals surface area contributed by atoms with E-state index in [-0.39, 0.29) is 0 Å². The van der Waals surface area contributed by atoms with E-state index >= 15 is 0 Å². The molecule has 0 amide bonds. The molecule has 3 rings (SSSR count). The van der Waals surface area contributed by atoms with Crippen molar-refractivity contribution < 1.29 is 13.2 Å². The molecule has 0 spiro atoms. The maximum atomic E-state index is 12.9. The SMILES string of the molecule is CCCOC1CCN(c2ccccc2NS(=O)(=O)c2cc(C)sc2C)CC1. The third kappa shape index (κ3) is 4.83. The van der Waals surface area contributed by atoms with E-state index in [2.05, 4.69) is 16.5 Å². The summed E-state index contributed by atoms with van der Waals surface area (Å²) in [6, 6.07) is 9.37. The summed E-state index contributed by atoms with van der Waals surface area (Å²) in [6.07, 6.45) is 3.27. The fourth-order valence-electron chi connectivity index (χ4n) is 3.46. The number of nitrogens with one attached hydrogen (secondary N) is 1. The maximum Gasteiger partial charge on any atom is 0.263 e. The van der Waals surface area contributed by atoms with Crippen LogP contribution in [0.2, 0.25) is 0 Å². The van der Waals surface area contributed by atoms with Crippen LogP contribution >= 0.6 is 11.3 Å². The molecule has 0 saturated carbocycles. The first kappa shape index (κ1) is 20.2. The van der Waals surface area contributed by atoms with E-state index in [1.54, 1.807) is 6.07 Å². The number of piperidine rings is 1. The van der Waals surface area contributed by atoms with Gasteiger partial charge in [0.2, 0.25) is 0 Å². The fraction of sp³-hybridized carbons (Fsp3) is 0.500. The highest BCUT2D eigenvalue weighted by atomic mass is 32.2. The molecule has 1 aliphatic heterocycles. The summed E-state index contributed by atoms with van der Waals surface area (Å²) in [7, 11) is -3.60. The van der Waals surface area contributed by atoms with E-state index in [1.807, 2.05) is 38.1 Å². The van der Waals surface area contributed by atoms with Gasteiger partial charge in [-0.15, -0.1) is 11.3 Å². The molecule has 0 bridgehead atoms. The molecule has 0 aliphatic carbocycles. The summed E-state index contributed by atoms with van der Waals surface area (Å²) in [5.41, 5.74) is 1.56. The summed E-state index contributed by atoms with van der Waals surface area (Å²) >= 11 is 1.50. The topological polar surface area (TPSA) is 58.6 Å². The van der Waals surface area contributed by atoms with Crippen LogP contribution in [0, 0.1) is 13.8 Å². The predicted molar refractivity (Wildman–Crippen MR) is 113 cm³/mol. The number of nitrogens with zero attached hydrogens (tertiary/aromatic N) is 1. The maximum absolute atomic E-state index is 12.9. The molecule has 1 N–H and O–H groups in total. The summed E-state index contributed by atoms with van der Waals surface area (Å²) in [4.78, 5) is 4.42. The van der Waals surface area contributed by atoms with Crippen molar-refractivity contribution in [1.29, 1.82) is 0 Å². The molecule has 5 nitrogen and oxygen atoms in total. The smallest absolute Gasteiger partial charge is 0.263 e. The molecule has 1 fully saturated rings. The number of para-hydroxylation sites is 2. The van der Waals surface area contributed by atoms with Crippen LogP contribution in [-0.4, -0.2) is 34.2 Å². The van der Waals surface area contributed by atoms with Crippen LogP contribution in [0.15, 0.2) is 35.2 Å². The van der Waals surface area contributed by atoms with Crippen molar-refractivity contribution in [1.82, 2.24) is 0 Å². The number of rotatable bonds is 7. The lowest BCUT2D eigenvalue weighted by Crippen LogP contribution is -2.37. The largest absolute Gasteiger partial charge is 0.378 e. The van der Waals surface area contributed by atoms with Crippen molar-refractivity contribution in [3.8, 4) is 0 Å². The standard InChI is InChI=1S/C20H28N2O3S2/c1-4-13-25-17-9-11-22(12-10-17)19-8-6-5-7-18(19)21-27(23,24)20-14-15(2)26-16(20)3/h5-8,14,17,21H,4,9-13H2,1-3H3. The van der Waals surface area contributed by atoms with E-state index in [9.17, 15) is 8.42 Å². The van der Waals surface area contributed by atoms with Gasteiger partial charge in [0.25, 0.3) is 10.0 Å². The second kappa shape index (κ2) is 8.63. The number of ether oxygens (including phenoxy) is 1. The molecule has 7 heteroatoms. The molecule has 2 aromatic rings. The van der Waals surface area contributed by atoms with Gasteiger partial charge in [-0.2, -0.15) is 0 Å². The van der Waals surface area contributed by atoms with Gasteiger partial charge in [-0.25, -0.2) is 8.42 Å². The Balaban J connectivity index is 1.76. The fourth-order valence-corrected chi connectivity index (χ4v) is 6.09. The molecule has 1 saturated heterocycles. The first-order valence-corrected chi connectivity index (χ1v) is 11.8. The zero-order valence-electron chi connectivity index (χ0n) is 16.2. The lowest BCUT2D eigenvalue weighted by atomic mass is 10.1. The molecular weight excluding hydrogens is 380 g/mol. The highest BCUT2D eigenvalue weighted by Gasteiger charge is 2.24. The molecule has 1 aliphatic rings. The Hall–Kier alpha value is -1.57. The van der Waals surface area contributed by atoms with E-state index in [4.69, 9.17) is 4.74 Å². The number of anilines is 2. The quantitative estimate of drug-likeness (QED) is 0.730. The highest BCUT2D eigenvalue weighted by molar-refractivity contribution is 7.93. The predicted octanol–water partition coefficient (Wildman–Crippen LogP) is 4.56. The zero-order valence-corrected chi connectivity index (χ0v) is 17.8. The molecule has 27 heavy (non-hydrogen) atoms. The van der Waals surface area contributed by atoms with Gasteiger partial charge in [-0.3, -0.25) is 4.72 Å². The van der Waals surface area contributed by atoms with Crippen molar-refractivity contribution in [3.05, 3.63) is 40.1 Å². The third-order valence-electron chi connectivity index (χ3n) is 4.77. The van der Waals surface area contributed by atoms with Crippen molar-refractivity contribution in [2.75, 3.05) is 29.3 Å². The van der Waals surface area contributed by atoms with Gasteiger partial charge in [-0.1, -0.05) is 19.1 Å². The lowest BCUT2D eigenvalue weighted by molar-refractivity contribution is 0.0375. The normalized spacial score (nSPS) is 15.9. The van der Waals surface area contributed by atoms with Crippen LogP contribution in [-0.2, 0) is 14.8 Å². The van der Waals surface area contributed by atoms with Crippen LogP contribution < -0.4 is 9.62 Å². The van der Waals surface area contributed by atoms with Gasteiger partial charge in [-0.05, 0) is 51.3 Å². The zero-order chi connectivity index (χ0) is 19.4. The molecule has 1 aromatic heterocycles. The Kier molecular flexibility index (Phi) is 6.44. The first-order chi connectivity index (χ1) is 12.9. The average Bonchev–Trinajstić information content (AvgIpc) is 3.00. The lowest BCUT2D eigenvalue weighted by Gasteiger charge is -2.34. The summed E-state index contributed by atoms with van der Waals surface area (Å²) in [5, 5.41) is 0. The molecule has 148 valence electrons. The Morgan fingerprint density at radius 1 is 1.22 bits per heavy atom. The Morgan fingerprint density at radius 2 is 1.93 bits per heavy atom. The molecule has 0 unspecified atom stereocenters. The number of benzene rings is 1. The van der Waals surface area contributed by atoms with E-state index in [0.717, 1.165) is 54.4 Å². The van der Waals surface area contributed by atoms with Gasteiger partial charge in [0.05, 0.1) is 17.5 Å². The number of hydrogen-bond donors (Lipinski definition) is 1. The van der Waals surface area contributed by atoms with Crippen LogP contribution in [0.3, 0.4) is 0 Å². The molecular formula is C20H28N2O3S2. The number of sulfonamides is 1. The molecule has 0 radical (unpaired) electrons. The van der Waals surface area contributed by atoms with E-state index in [1.165, 1.54) is 11.3 Å². The minimum Gasteiger partial charge on any atom is -0.378 e. The minimum atomic E-state index is -3.60. The van der Waals surface area contributed by atoms with Gasteiger partial charge in [0.1, 0.15) is 4.90 Å². The Bertz CT molecular complexity index is 869. The Labute approximate surface area is 166 Å². The average molecular weight is 409 g/mol. The minimum absolute atomic E-state index is 0.307. The van der Waals surface area contributed by atoms with Crippen molar-refractivity contribution in [2.45, 2.75) is 51.0 Å². The van der Waals surface area contributed by atoms with Crippen LogP contribution in [0.25, 0.3) is 0 Å². The van der Waals surface area contributed by atoms with E-state index in [0.29, 0.717) is 16.7 Å². The summed E-state index contributed by atoms with van der Waals surface area (Å²) < 4.78 is 34.5. The number of aryl methyl sites for hydroxylation is 2. The van der Waals surface area contributed by atoms with Crippen molar-refractivity contribution in [2.24, 2.45) is 0 Å². The number of thiophene rings is 1. The third-order valence-corrected chi connectivity index (χ3v) is 7.36. The summed E-state index contributed by atoms with van der Waals surface area (Å²) in [6.45, 7) is 8.43. The van der Waals surface area contributed by atoms with Crippen LogP contribution in [0.1, 0.15) is 35.9 Å². The molecule has 1 aromatic carbocycles. The van der Waals surface area contributed by atoms with Crippen LogP contribution in [0.4, 0.5) is 11.4 Å². The van der Waals surface area contributed by atoms with Crippen LogP contribution in [0.5, 0.6) is 0 Å². The van der Waals surface area contributed by atoms with E-state index < -0.39 is 10.0 Å². The van der Waals surface area contributed by atoms with Gasteiger partial charge >= 0.3 is 0 Å². The number of hydrogen-bond acceptors (Lipinski definition) is 5. The highest BCUT2D eigenvalue weighted by Crippen LogP contribution is 2.32. The van der Waals surface area contributed by atoms with Gasteiger partial charge < -0.3 is 9.64 Å². The first-order valence-electron chi connectivity index (χ1n) is 9.46. The van der Waals surface area contributed by atoms with Gasteiger partial charge in [0, 0.05) is 29.5 Å².